The van der Waals surface area contributed by atoms with Gasteiger partial charge in [-0.25, -0.2) is 9.97 Å². The van der Waals surface area contributed by atoms with E-state index in [1.165, 1.54) is 11.8 Å². The van der Waals surface area contributed by atoms with Crippen LogP contribution in [0.15, 0.2) is 15.4 Å². The van der Waals surface area contributed by atoms with Crippen molar-refractivity contribution in [3.05, 3.63) is 16.9 Å². The summed E-state index contributed by atoms with van der Waals surface area (Å²) in [6.07, 6.45) is 0. The Morgan fingerprint density at radius 2 is 2.12 bits per heavy atom. The van der Waals surface area contributed by atoms with Crippen molar-refractivity contribution in [2.45, 2.75) is 30.1 Å². The zero-order valence-corrected chi connectivity index (χ0v) is 11.5. The molecule has 0 saturated carbocycles. The van der Waals surface area contributed by atoms with Gasteiger partial charge in [0.25, 0.3) is 0 Å². The lowest BCUT2D eigenvalue weighted by molar-refractivity contribution is 0.950. The second-order valence-corrected chi connectivity index (χ2v) is 5.81. The lowest BCUT2D eigenvalue weighted by atomic mass is 10.5. The Morgan fingerprint density at radius 1 is 1.29 bits per heavy atom. The molecule has 0 saturated heterocycles. The second kappa shape index (κ2) is 5.42. The summed E-state index contributed by atoms with van der Waals surface area (Å²) in [5.41, 5.74) is 0. The van der Waals surface area contributed by atoms with E-state index in [4.69, 9.17) is 0 Å². The summed E-state index contributed by atoms with van der Waals surface area (Å²) in [5, 5.41) is 13.1. The zero-order valence-electron chi connectivity index (χ0n) is 9.89. The van der Waals surface area contributed by atoms with Crippen LogP contribution in [-0.4, -0.2) is 26.7 Å². The molecule has 2 aromatic heterocycles. The smallest absolute Gasteiger partial charge is 0.180 e. The van der Waals surface area contributed by atoms with Gasteiger partial charge in [-0.3, -0.25) is 0 Å². The minimum atomic E-state index is 0.757. The van der Waals surface area contributed by atoms with Gasteiger partial charge in [-0.1, -0.05) is 11.3 Å². The molecular weight excluding hydrogens is 254 g/mol. The molecule has 0 amide bonds. The van der Waals surface area contributed by atoms with Crippen LogP contribution in [0.1, 0.15) is 17.8 Å². The fourth-order valence-corrected chi connectivity index (χ4v) is 3.08. The van der Waals surface area contributed by atoms with Gasteiger partial charge in [0.05, 0.1) is 0 Å². The number of anilines is 1. The van der Waals surface area contributed by atoms with Gasteiger partial charge < -0.3 is 5.32 Å². The average Bonchev–Trinajstić information content (AvgIpc) is 2.63. The maximum atomic E-state index is 4.37. The van der Waals surface area contributed by atoms with Gasteiger partial charge in [-0.05, 0) is 32.5 Å². The standard InChI is InChI=1S/C10H13N5S2/c1-4-11-8-5-9(13-6(2)12-8)17-10-15-14-7(3)16-10/h5H,4H2,1-3H3,(H,11,12,13). The van der Waals surface area contributed by atoms with Crippen molar-refractivity contribution < 1.29 is 0 Å². The Morgan fingerprint density at radius 3 is 2.76 bits per heavy atom. The van der Waals surface area contributed by atoms with Crippen molar-refractivity contribution in [2.75, 3.05) is 11.9 Å². The van der Waals surface area contributed by atoms with E-state index in [1.54, 1.807) is 11.3 Å². The number of hydrogen-bond donors (Lipinski definition) is 1. The topological polar surface area (TPSA) is 63.6 Å². The van der Waals surface area contributed by atoms with E-state index in [2.05, 4.69) is 25.5 Å². The molecule has 0 atom stereocenters. The lowest BCUT2D eigenvalue weighted by Gasteiger charge is -2.04. The number of nitrogens with zero attached hydrogens (tertiary/aromatic N) is 4. The van der Waals surface area contributed by atoms with E-state index in [0.717, 1.165) is 32.6 Å². The molecule has 7 heteroatoms. The van der Waals surface area contributed by atoms with Crippen molar-refractivity contribution in [1.29, 1.82) is 0 Å². The summed E-state index contributed by atoms with van der Waals surface area (Å²) >= 11 is 3.08. The molecule has 0 aliphatic rings. The molecule has 0 aromatic carbocycles. The van der Waals surface area contributed by atoms with Crippen LogP contribution in [-0.2, 0) is 0 Å². The maximum absolute atomic E-state index is 4.37. The largest absolute Gasteiger partial charge is 0.370 e. The van der Waals surface area contributed by atoms with Gasteiger partial charge in [0.15, 0.2) is 4.34 Å². The summed E-state index contributed by atoms with van der Waals surface area (Å²) in [4.78, 5) is 8.67. The fourth-order valence-electron chi connectivity index (χ4n) is 1.27. The van der Waals surface area contributed by atoms with Crippen LogP contribution in [0.3, 0.4) is 0 Å². The van der Waals surface area contributed by atoms with E-state index >= 15 is 0 Å². The summed E-state index contributed by atoms with van der Waals surface area (Å²) in [5.74, 6) is 1.61. The summed E-state index contributed by atoms with van der Waals surface area (Å²) < 4.78 is 0.906. The first-order valence-corrected chi connectivity index (χ1v) is 6.88. The molecule has 0 aliphatic heterocycles. The van der Waals surface area contributed by atoms with Crippen molar-refractivity contribution in [3.63, 3.8) is 0 Å². The molecule has 17 heavy (non-hydrogen) atoms. The predicted molar refractivity (Wildman–Crippen MR) is 69.7 cm³/mol. The summed E-state index contributed by atoms with van der Waals surface area (Å²) in [7, 11) is 0. The molecule has 0 bridgehead atoms. The molecule has 2 rings (SSSR count). The SMILES string of the molecule is CCNc1cc(Sc2nnc(C)s2)nc(C)n1. The van der Waals surface area contributed by atoms with Gasteiger partial charge >= 0.3 is 0 Å². The number of aromatic nitrogens is 4. The highest BCUT2D eigenvalue weighted by molar-refractivity contribution is 8.01. The van der Waals surface area contributed by atoms with Crippen molar-refractivity contribution in [3.8, 4) is 0 Å². The summed E-state index contributed by atoms with van der Waals surface area (Å²) in [6, 6.07) is 1.93. The molecule has 90 valence electrons. The first-order chi connectivity index (χ1) is 8.17. The van der Waals surface area contributed by atoms with Crippen LogP contribution in [0.4, 0.5) is 5.82 Å². The normalized spacial score (nSPS) is 10.5. The van der Waals surface area contributed by atoms with Gasteiger partial charge in [-0.15, -0.1) is 10.2 Å². The third-order valence-electron chi connectivity index (χ3n) is 1.87. The van der Waals surface area contributed by atoms with Crippen molar-refractivity contribution in [2.24, 2.45) is 0 Å². The Hall–Kier alpha value is -1.21. The Labute approximate surface area is 108 Å². The molecule has 0 radical (unpaired) electrons. The van der Waals surface area contributed by atoms with Crippen molar-refractivity contribution >= 4 is 28.9 Å². The van der Waals surface area contributed by atoms with Crippen LogP contribution >= 0.6 is 23.1 Å². The molecule has 2 aromatic rings. The lowest BCUT2D eigenvalue weighted by Crippen LogP contribution is -2.02. The molecule has 1 N–H and O–H groups in total. The van der Waals surface area contributed by atoms with E-state index in [0.29, 0.717) is 0 Å². The summed E-state index contributed by atoms with van der Waals surface area (Å²) in [6.45, 7) is 6.71. The van der Waals surface area contributed by atoms with Crippen molar-refractivity contribution in [1.82, 2.24) is 20.2 Å². The third kappa shape index (κ3) is 3.37. The highest BCUT2D eigenvalue weighted by Crippen LogP contribution is 2.29. The Bertz CT molecular complexity index is 511. The first kappa shape index (κ1) is 12.3. The van der Waals surface area contributed by atoms with Crippen LogP contribution in [0.25, 0.3) is 0 Å². The fraction of sp³-hybridized carbons (Fsp3) is 0.400. The van der Waals surface area contributed by atoms with E-state index in [-0.39, 0.29) is 0 Å². The Kier molecular flexibility index (Phi) is 3.90. The van der Waals surface area contributed by atoms with Crippen LogP contribution < -0.4 is 5.32 Å². The first-order valence-electron chi connectivity index (χ1n) is 5.25. The molecule has 5 nitrogen and oxygen atoms in total. The minimum Gasteiger partial charge on any atom is -0.370 e. The minimum absolute atomic E-state index is 0.757. The van der Waals surface area contributed by atoms with E-state index in [1.807, 2.05) is 26.8 Å². The molecule has 0 spiro atoms. The van der Waals surface area contributed by atoms with Gasteiger partial charge in [0.2, 0.25) is 0 Å². The van der Waals surface area contributed by atoms with Gasteiger partial charge in [0.1, 0.15) is 21.7 Å². The number of rotatable bonds is 4. The van der Waals surface area contributed by atoms with E-state index in [9.17, 15) is 0 Å². The van der Waals surface area contributed by atoms with E-state index < -0.39 is 0 Å². The van der Waals surface area contributed by atoms with Crippen LogP contribution in [0.2, 0.25) is 0 Å². The number of hydrogen-bond acceptors (Lipinski definition) is 7. The average molecular weight is 267 g/mol. The second-order valence-electron chi connectivity index (χ2n) is 3.36. The number of aryl methyl sites for hydroxylation is 2. The van der Waals surface area contributed by atoms with Crippen LogP contribution in [0, 0.1) is 13.8 Å². The molecule has 2 heterocycles. The molecular formula is C10H13N5S2. The predicted octanol–water partition coefficient (Wildman–Crippen LogP) is 2.53. The van der Waals surface area contributed by atoms with Gasteiger partial charge in [0, 0.05) is 12.6 Å². The highest BCUT2D eigenvalue weighted by atomic mass is 32.2. The zero-order chi connectivity index (χ0) is 12.3. The molecule has 0 aliphatic carbocycles. The van der Waals surface area contributed by atoms with Crippen LogP contribution in [0.5, 0.6) is 0 Å². The third-order valence-corrected chi connectivity index (χ3v) is 3.68. The molecule has 0 fully saturated rings. The van der Waals surface area contributed by atoms with Gasteiger partial charge in [-0.2, -0.15) is 0 Å². The Balaban J connectivity index is 2.20. The highest BCUT2D eigenvalue weighted by Gasteiger charge is 2.07. The number of nitrogens with one attached hydrogen (secondary N) is 1. The quantitative estimate of drug-likeness (QED) is 0.859. The maximum Gasteiger partial charge on any atom is 0.180 e. The monoisotopic (exact) mass is 267 g/mol. The molecule has 0 unspecified atom stereocenters.